The Kier molecular flexibility index (Phi) is 8.68. The predicted octanol–water partition coefficient (Wildman–Crippen LogP) is 5.57. The summed E-state index contributed by atoms with van der Waals surface area (Å²) in [4.78, 5) is 24.1. The molecule has 1 unspecified atom stereocenters. The van der Waals surface area contributed by atoms with Crippen molar-refractivity contribution in [3.63, 3.8) is 0 Å². The molecule has 1 aliphatic carbocycles. The Bertz CT molecular complexity index is 1090. The van der Waals surface area contributed by atoms with Crippen molar-refractivity contribution in [3.05, 3.63) is 90.0 Å². The summed E-state index contributed by atoms with van der Waals surface area (Å²) in [6.07, 6.45) is 0.474. The molecular weight excluding hydrogens is 462 g/mol. The van der Waals surface area contributed by atoms with E-state index in [0.29, 0.717) is 18.8 Å². The van der Waals surface area contributed by atoms with Gasteiger partial charge in [-0.1, -0.05) is 66.7 Å². The number of benzene rings is 3. The number of thioether (sulfide) groups is 1. The summed E-state index contributed by atoms with van der Waals surface area (Å²) in [5.74, 6) is 1.18. The van der Waals surface area contributed by atoms with Crippen LogP contribution in [-0.2, 0) is 9.53 Å². The van der Waals surface area contributed by atoms with Gasteiger partial charge in [-0.15, -0.1) is 0 Å². The van der Waals surface area contributed by atoms with E-state index in [-0.39, 0.29) is 12.5 Å². The van der Waals surface area contributed by atoms with E-state index in [0.717, 1.165) is 40.2 Å². The van der Waals surface area contributed by atoms with Gasteiger partial charge in [0.2, 0.25) is 0 Å². The van der Waals surface area contributed by atoms with E-state index in [1.54, 1.807) is 11.8 Å². The molecule has 0 aliphatic heterocycles. The van der Waals surface area contributed by atoms with Crippen molar-refractivity contribution in [3.8, 4) is 16.9 Å². The van der Waals surface area contributed by atoms with Crippen LogP contribution in [-0.4, -0.2) is 47.9 Å². The minimum Gasteiger partial charge on any atom is -0.494 e. The smallest absolute Gasteiger partial charge is 0.407 e. The standard InChI is InChI=1S/C28H29NO5S/c30-27(31)26(15-18-35-17-8-16-33-20-9-2-1-3-10-20)29-28(32)34-19-25-23-13-6-4-11-21(23)22-12-5-7-14-24(22)25/h1-7,9-14,25-26H,8,15-19H2,(H,29,32)(H,30,31). The van der Waals surface area contributed by atoms with Crippen molar-refractivity contribution < 1.29 is 24.2 Å². The molecule has 1 aliphatic rings. The van der Waals surface area contributed by atoms with Gasteiger partial charge in [0.05, 0.1) is 6.61 Å². The second-order valence-corrected chi connectivity index (χ2v) is 9.50. The number of carbonyl (C=O) groups excluding carboxylic acids is 1. The van der Waals surface area contributed by atoms with Crippen LogP contribution in [0.2, 0.25) is 0 Å². The van der Waals surface area contributed by atoms with Crippen LogP contribution in [0.25, 0.3) is 11.1 Å². The highest BCUT2D eigenvalue weighted by atomic mass is 32.2. The molecule has 0 saturated heterocycles. The lowest BCUT2D eigenvalue weighted by molar-refractivity contribution is -0.139. The topological polar surface area (TPSA) is 84.9 Å². The first-order valence-corrected chi connectivity index (χ1v) is 12.9. The third kappa shape index (κ3) is 6.57. The maximum absolute atomic E-state index is 12.4. The average molecular weight is 492 g/mol. The number of nitrogens with one attached hydrogen (secondary N) is 1. The molecule has 0 saturated carbocycles. The molecule has 4 rings (SSSR count). The number of rotatable bonds is 12. The van der Waals surface area contributed by atoms with E-state index >= 15 is 0 Å². The van der Waals surface area contributed by atoms with E-state index in [4.69, 9.17) is 9.47 Å². The largest absolute Gasteiger partial charge is 0.494 e. The molecule has 7 heteroatoms. The molecule has 1 atom stereocenters. The van der Waals surface area contributed by atoms with Gasteiger partial charge in [0.1, 0.15) is 18.4 Å². The maximum atomic E-state index is 12.4. The molecule has 0 aromatic heterocycles. The number of alkyl carbamates (subject to hydrolysis) is 1. The minimum absolute atomic E-state index is 0.0647. The lowest BCUT2D eigenvalue weighted by atomic mass is 9.98. The minimum atomic E-state index is -1.06. The van der Waals surface area contributed by atoms with Crippen LogP contribution >= 0.6 is 11.8 Å². The molecule has 3 aromatic rings. The Morgan fingerprint density at radius 3 is 2.17 bits per heavy atom. The molecule has 0 spiro atoms. The lowest BCUT2D eigenvalue weighted by Crippen LogP contribution is -2.41. The number of fused-ring (bicyclic) bond motifs is 3. The van der Waals surface area contributed by atoms with E-state index in [1.165, 1.54) is 0 Å². The molecule has 0 fully saturated rings. The summed E-state index contributed by atoms with van der Waals surface area (Å²) in [6.45, 7) is 0.764. The van der Waals surface area contributed by atoms with E-state index in [1.807, 2.05) is 66.7 Å². The Hall–Kier alpha value is -3.45. The molecule has 6 nitrogen and oxygen atoms in total. The molecule has 182 valence electrons. The van der Waals surface area contributed by atoms with Crippen molar-refractivity contribution in [2.24, 2.45) is 0 Å². The maximum Gasteiger partial charge on any atom is 0.407 e. The lowest BCUT2D eigenvalue weighted by Gasteiger charge is -2.17. The molecule has 0 heterocycles. The first kappa shape index (κ1) is 24.7. The van der Waals surface area contributed by atoms with Gasteiger partial charge in [-0.3, -0.25) is 0 Å². The zero-order valence-corrected chi connectivity index (χ0v) is 20.2. The molecule has 0 bridgehead atoms. The fraction of sp³-hybridized carbons (Fsp3) is 0.286. The van der Waals surface area contributed by atoms with Crippen LogP contribution in [0.5, 0.6) is 5.75 Å². The number of aliphatic carboxylic acids is 1. The number of hydrogen-bond acceptors (Lipinski definition) is 5. The van der Waals surface area contributed by atoms with Gasteiger partial charge in [-0.05, 0) is 58.7 Å². The first-order chi connectivity index (χ1) is 17.1. The number of carboxylic acid groups (broad SMARTS) is 1. The predicted molar refractivity (Wildman–Crippen MR) is 138 cm³/mol. The van der Waals surface area contributed by atoms with Gasteiger partial charge < -0.3 is 19.9 Å². The Morgan fingerprint density at radius 1 is 0.886 bits per heavy atom. The number of para-hydroxylation sites is 1. The van der Waals surface area contributed by atoms with E-state index in [9.17, 15) is 14.7 Å². The highest BCUT2D eigenvalue weighted by molar-refractivity contribution is 7.99. The van der Waals surface area contributed by atoms with Gasteiger partial charge >= 0.3 is 12.1 Å². The third-order valence-electron chi connectivity index (χ3n) is 5.93. The quantitative estimate of drug-likeness (QED) is 0.322. The second-order valence-electron chi connectivity index (χ2n) is 8.28. The number of carboxylic acids is 1. The Morgan fingerprint density at radius 2 is 1.51 bits per heavy atom. The van der Waals surface area contributed by atoms with Gasteiger partial charge in [-0.25, -0.2) is 9.59 Å². The van der Waals surface area contributed by atoms with Crippen molar-refractivity contribution in [1.29, 1.82) is 0 Å². The van der Waals surface area contributed by atoms with Crippen LogP contribution in [0.3, 0.4) is 0 Å². The SMILES string of the molecule is O=C(NC(CCSCCCOc1ccccc1)C(=O)O)OCC1c2ccccc2-c2ccccc21. The summed E-state index contributed by atoms with van der Waals surface area (Å²) in [7, 11) is 0. The van der Waals surface area contributed by atoms with E-state index in [2.05, 4.69) is 17.4 Å². The number of carbonyl (C=O) groups is 2. The Balaban J connectivity index is 1.19. The molecule has 0 radical (unpaired) electrons. The van der Waals surface area contributed by atoms with Crippen LogP contribution in [0, 0.1) is 0 Å². The fourth-order valence-electron chi connectivity index (χ4n) is 4.21. The molecular formula is C28H29NO5S. The second kappa shape index (κ2) is 12.3. The van der Waals surface area contributed by atoms with Gasteiger partial charge in [0.25, 0.3) is 0 Å². The van der Waals surface area contributed by atoms with Crippen LogP contribution in [0.15, 0.2) is 78.9 Å². The number of ether oxygens (including phenoxy) is 2. The van der Waals surface area contributed by atoms with E-state index < -0.39 is 18.1 Å². The van der Waals surface area contributed by atoms with Crippen LogP contribution in [0.4, 0.5) is 4.79 Å². The van der Waals surface area contributed by atoms with Crippen LogP contribution < -0.4 is 10.1 Å². The van der Waals surface area contributed by atoms with Crippen molar-refractivity contribution in [2.45, 2.75) is 24.8 Å². The van der Waals surface area contributed by atoms with Gasteiger partial charge in [-0.2, -0.15) is 11.8 Å². The highest BCUT2D eigenvalue weighted by Gasteiger charge is 2.29. The molecule has 35 heavy (non-hydrogen) atoms. The monoisotopic (exact) mass is 491 g/mol. The summed E-state index contributed by atoms with van der Waals surface area (Å²) >= 11 is 1.64. The highest BCUT2D eigenvalue weighted by Crippen LogP contribution is 2.44. The summed E-state index contributed by atoms with van der Waals surface area (Å²) in [6, 6.07) is 24.8. The number of hydrogen-bond donors (Lipinski definition) is 2. The molecule has 2 N–H and O–H groups in total. The van der Waals surface area contributed by atoms with Gasteiger partial charge in [0.15, 0.2) is 0 Å². The summed E-state index contributed by atoms with van der Waals surface area (Å²) < 4.78 is 11.1. The summed E-state index contributed by atoms with van der Waals surface area (Å²) in [5.41, 5.74) is 4.52. The van der Waals surface area contributed by atoms with Crippen LogP contribution in [0.1, 0.15) is 29.9 Å². The summed E-state index contributed by atoms with van der Waals surface area (Å²) in [5, 5.41) is 12.0. The first-order valence-electron chi connectivity index (χ1n) is 11.7. The van der Waals surface area contributed by atoms with Gasteiger partial charge in [0, 0.05) is 5.92 Å². The fourth-order valence-corrected chi connectivity index (χ4v) is 5.14. The van der Waals surface area contributed by atoms with Crippen molar-refractivity contribution >= 4 is 23.8 Å². The zero-order valence-electron chi connectivity index (χ0n) is 19.4. The van der Waals surface area contributed by atoms with Crippen molar-refractivity contribution in [1.82, 2.24) is 5.32 Å². The zero-order chi connectivity index (χ0) is 24.5. The Labute approximate surface area is 209 Å². The molecule has 1 amide bonds. The third-order valence-corrected chi connectivity index (χ3v) is 7.03. The average Bonchev–Trinajstić information content (AvgIpc) is 3.20. The molecule has 3 aromatic carbocycles. The normalized spacial score (nSPS) is 12.9. The number of amides is 1. The van der Waals surface area contributed by atoms with Crippen molar-refractivity contribution in [2.75, 3.05) is 24.7 Å².